The minimum absolute atomic E-state index is 0.109. The van der Waals surface area contributed by atoms with Crippen molar-refractivity contribution in [1.29, 1.82) is 5.41 Å². The van der Waals surface area contributed by atoms with Gasteiger partial charge in [0.25, 0.3) is 10.0 Å². The molecule has 11 heteroatoms. The Labute approximate surface area is 187 Å². The molecular weight excluding hydrogens is 463 g/mol. The summed E-state index contributed by atoms with van der Waals surface area (Å²) in [7, 11) is -2.40. The molecule has 7 nitrogen and oxygen atoms in total. The number of aliphatic hydroxyl groups excluding tert-OH is 1. The van der Waals surface area contributed by atoms with Crippen molar-refractivity contribution in [3.63, 3.8) is 0 Å². The van der Waals surface area contributed by atoms with Gasteiger partial charge in [0.05, 0.1) is 4.90 Å². The zero-order chi connectivity index (χ0) is 22.6. The van der Waals surface area contributed by atoms with Crippen LogP contribution in [-0.2, 0) is 10.0 Å². The van der Waals surface area contributed by atoms with E-state index >= 15 is 0 Å². The number of anilines is 1. The van der Waals surface area contributed by atoms with E-state index in [0.717, 1.165) is 23.6 Å². The number of nitrogens with zero attached hydrogens (tertiary/aromatic N) is 1. The largest absolute Gasteiger partial charge is 0.388 e. The van der Waals surface area contributed by atoms with Gasteiger partial charge in [-0.05, 0) is 35.9 Å². The first kappa shape index (κ1) is 22.9. The Morgan fingerprint density at radius 2 is 2.03 bits per heavy atom. The second-order valence-corrected chi connectivity index (χ2v) is 9.27. The van der Waals surface area contributed by atoms with Gasteiger partial charge >= 0.3 is 0 Å². The summed E-state index contributed by atoms with van der Waals surface area (Å²) in [6.45, 7) is 0. The first-order chi connectivity index (χ1) is 14.8. The summed E-state index contributed by atoms with van der Waals surface area (Å²) in [5, 5.41) is 23.3. The minimum Gasteiger partial charge on any atom is -0.388 e. The number of nitrogens with one attached hydrogen (secondary N) is 3. The molecule has 162 valence electrons. The first-order valence-electron chi connectivity index (χ1n) is 8.85. The molecule has 31 heavy (non-hydrogen) atoms. The number of sulfonamides is 1. The lowest BCUT2D eigenvalue weighted by Gasteiger charge is -2.19. The second-order valence-electron chi connectivity index (χ2n) is 6.26. The monoisotopic (exact) mass is 480 g/mol. The fourth-order valence-corrected chi connectivity index (χ4v) is 4.88. The molecule has 0 aliphatic carbocycles. The van der Waals surface area contributed by atoms with E-state index in [1.807, 2.05) is 0 Å². The van der Waals surface area contributed by atoms with E-state index in [1.54, 1.807) is 30.6 Å². The van der Waals surface area contributed by atoms with Crippen molar-refractivity contribution in [3.8, 4) is 0 Å². The fourth-order valence-electron chi connectivity index (χ4n) is 2.90. The van der Waals surface area contributed by atoms with Crippen LogP contribution in [-0.4, -0.2) is 31.8 Å². The van der Waals surface area contributed by atoms with Crippen molar-refractivity contribution in [3.05, 3.63) is 81.6 Å². The summed E-state index contributed by atoms with van der Waals surface area (Å²) in [6, 6.07) is 7.95. The summed E-state index contributed by atoms with van der Waals surface area (Å²) in [5.41, 5.74) is 1.20. The Morgan fingerprint density at radius 1 is 1.29 bits per heavy atom. The number of hydrogen-bond acceptors (Lipinski definition) is 7. The van der Waals surface area contributed by atoms with Crippen molar-refractivity contribution in [2.45, 2.75) is 11.0 Å². The molecule has 0 aliphatic rings. The molecule has 0 fully saturated rings. The van der Waals surface area contributed by atoms with Crippen LogP contribution < -0.4 is 10.0 Å². The molecule has 0 spiro atoms. The summed E-state index contributed by atoms with van der Waals surface area (Å²) in [4.78, 5) is 3.55. The number of benzene rings is 2. The van der Waals surface area contributed by atoms with Gasteiger partial charge < -0.3 is 15.8 Å². The van der Waals surface area contributed by atoms with E-state index in [2.05, 4.69) is 15.0 Å². The molecule has 3 aromatic rings. The standard InChI is InChI=1S/C20H18ClFN4O3S2/c1-24-18(6-7-23)16-10-12(21)2-4-14(16)19(27)15-5-3-13(11-17(15)22)31(28,29)26-20-25-8-9-30-20/h2-11,19,23-24,27H,1H3,(H,25,26)/b18-6-,23-7?. The number of aromatic nitrogens is 1. The van der Waals surface area contributed by atoms with Gasteiger partial charge in [-0.15, -0.1) is 11.3 Å². The molecule has 1 heterocycles. The summed E-state index contributed by atoms with van der Waals surface area (Å²) < 4.78 is 42.1. The van der Waals surface area contributed by atoms with Gasteiger partial charge in [0.15, 0.2) is 5.13 Å². The Kier molecular flexibility index (Phi) is 7.06. The minimum atomic E-state index is -4.04. The predicted molar refractivity (Wildman–Crippen MR) is 121 cm³/mol. The van der Waals surface area contributed by atoms with Gasteiger partial charge in [0.2, 0.25) is 0 Å². The Hall–Kier alpha value is -2.79. The van der Waals surface area contributed by atoms with Crippen molar-refractivity contribution in [2.75, 3.05) is 11.8 Å². The molecule has 1 aromatic heterocycles. The average molecular weight is 481 g/mol. The average Bonchev–Trinajstić information content (AvgIpc) is 3.23. The first-order valence-corrected chi connectivity index (χ1v) is 11.6. The molecule has 0 saturated heterocycles. The third kappa shape index (κ3) is 5.10. The molecule has 0 bridgehead atoms. The van der Waals surface area contributed by atoms with Crippen LogP contribution >= 0.6 is 22.9 Å². The summed E-state index contributed by atoms with van der Waals surface area (Å²) >= 11 is 7.18. The highest BCUT2D eigenvalue weighted by atomic mass is 35.5. The van der Waals surface area contributed by atoms with E-state index < -0.39 is 21.9 Å². The van der Waals surface area contributed by atoms with Gasteiger partial charge in [-0.25, -0.2) is 17.8 Å². The van der Waals surface area contributed by atoms with Crippen LogP contribution in [0.25, 0.3) is 5.70 Å². The Morgan fingerprint density at radius 3 is 2.65 bits per heavy atom. The molecule has 0 amide bonds. The molecule has 3 rings (SSSR count). The van der Waals surface area contributed by atoms with Gasteiger partial charge in [-0.2, -0.15) is 0 Å². The molecule has 0 radical (unpaired) electrons. The molecule has 1 unspecified atom stereocenters. The highest BCUT2D eigenvalue weighted by molar-refractivity contribution is 7.93. The van der Waals surface area contributed by atoms with Gasteiger partial charge in [-0.1, -0.05) is 23.7 Å². The van der Waals surface area contributed by atoms with Crippen LogP contribution in [0.3, 0.4) is 0 Å². The maximum absolute atomic E-state index is 14.9. The lowest BCUT2D eigenvalue weighted by molar-refractivity contribution is 0.214. The molecule has 0 aliphatic heterocycles. The van der Waals surface area contributed by atoms with Gasteiger partial charge in [0, 0.05) is 46.7 Å². The molecule has 2 aromatic carbocycles. The van der Waals surface area contributed by atoms with Crippen molar-refractivity contribution >= 4 is 50.0 Å². The molecule has 4 N–H and O–H groups in total. The van der Waals surface area contributed by atoms with Crippen molar-refractivity contribution < 1.29 is 17.9 Å². The third-order valence-electron chi connectivity index (χ3n) is 4.35. The Balaban J connectivity index is 1.99. The number of allylic oxidation sites excluding steroid dienone is 1. The van der Waals surface area contributed by atoms with Gasteiger partial charge in [-0.3, -0.25) is 4.72 Å². The van der Waals surface area contributed by atoms with Crippen LogP contribution in [0.5, 0.6) is 0 Å². The topological polar surface area (TPSA) is 115 Å². The number of rotatable bonds is 8. The zero-order valence-electron chi connectivity index (χ0n) is 16.1. The van der Waals surface area contributed by atoms with E-state index in [9.17, 15) is 17.9 Å². The predicted octanol–water partition coefficient (Wildman–Crippen LogP) is 4.03. The third-order valence-corrected chi connectivity index (χ3v) is 6.74. The second kappa shape index (κ2) is 9.56. The number of hydrogen-bond donors (Lipinski definition) is 4. The quantitative estimate of drug-likeness (QED) is 0.363. The zero-order valence-corrected chi connectivity index (χ0v) is 18.5. The lowest BCUT2D eigenvalue weighted by Crippen LogP contribution is -2.14. The Bertz CT molecular complexity index is 1230. The maximum Gasteiger partial charge on any atom is 0.263 e. The fraction of sp³-hybridized carbons (Fsp3) is 0.100. The lowest BCUT2D eigenvalue weighted by atomic mass is 9.94. The van der Waals surface area contributed by atoms with Crippen LogP contribution in [0.4, 0.5) is 9.52 Å². The SMILES string of the molecule is CN/C(=C\C=N)c1cc(Cl)ccc1C(O)c1ccc(S(=O)(=O)Nc2nccs2)cc1F. The normalized spacial score (nSPS) is 13.0. The van der Waals surface area contributed by atoms with Crippen molar-refractivity contribution in [1.82, 2.24) is 10.3 Å². The van der Waals surface area contributed by atoms with Crippen LogP contribution in [0.2, 0.25) is 5.02 Å². The smallest absolute Gasteiger partial charge is 0.263 e. The number of halogens is 2. The molecule has 1 atom stereocenters. The van der Waals surface area contributed by atoms with E-state index in [1.165, 1.54) is 24.4 Å². The van der Waals surface area contributed by atoms with E-state index in [4.69, 9.17) is 17.0 Å². The van der Waals surface area contributed by atoms with Crippen molar-refractivity contribution in [2.24, 2.45) is 0 Å². The highest BCUT2D eigenvalue weighted by Crippen LogP contribution is 2.32. The summed E-state index contributed by atoms with van der Waals surface area (Å²) in [6.07, 6.45) is 2.58. The van der Waals surface area contributed by atoms with Crippen LogP contribution in [0.15, 0.2) is 58.9 Å². The highest BCUT2D eigenvalue weighted by Gasteiger charge is 2.23. The van der Waals surface area contributed by atoms with E-state index in [0.29, 0.717) is 21.8 Å². The molecule has 0 saturated carbocycles. The maximum atomic E-state index is 14.9. The van der Waals surface area contributed by atoms with Gasteiger partial charge in [0.1, 0.15) is 11.9 Å². The number of aliphatic hydroxyl groups is 1. The molecular formula is C20H18ClFN4O3S2. The van der Waals surface area contributed by atoms with E-state index in [-0.39, 0.29) is 15.6 Å². The number of thiazole rings is 1. The van der Waals surface area contributed by atoms with Crippen LogP contribution in [0, 0.1) is 11.2 Å². The summed E-state index contributed by atoms with van der Waals surface area (Å²) in [5.74, 6) is -0.891. The van der Waals surface area contributed by atoms with Crippen LogP contribution in [0.1, 0.15) is 22.8 Å².